The van der Waals surface area contributed by atoms with Gasteiger partial charge >= 0.3 is 0 Å². The molecule has 0 aliphatic carbocycles. The van der Waals surface area contributed by atoms with E-state index in [1.807, 2.05) is 13.0 Å². The molecule has 1 aliphatic heterocycles. The van der Waals surface area contributed by atoms with Gasteiger partial charge in [0.15, 0.2) is 23.0 Å². The van der Waals surface area contributed by atoms with Crippen molar-refractivity contribution in [3.63, 3.8) is 0 Å². The van der Waals surface area contributed by atoms with Crippen LogP contribution in [-0.4, -0.2) is 34.7 Å². The van der Waals surface area contributed by atoms with Crippen LogP contribution in [0.1, 0.15) is 37.6 Å². The van der Waals surface area contributed by atoms with Gasteiger partial charge < -0.3 is 13.8 Å². The van der Waals surface area contributed by atoms with Crippen LogP contribution >= 0.6 is 0 Å². The number of rotatable bonds is 5. The molecule has 1 aliphatic rings. The number of nitrogens with zero attached hydrogens (tertiary/aromatic N) is 3. The molecule has 0 atom stereocenters. The SMILES string of the molecule is CCCN1CCC(Cc2noc(-c3oc4c(F)cccc4c3C)n2)CC1. The van der Waals surface area contributed by atoms with Crippen molar-refractivity contribution in [2.45, 2.75) is 39.5 Å². The number of likely N-dealkylation sites (tertiary alicyclic amines) is 1. The normalized spacial score (nSPS) is 16.6. The Kier molecular flexibility index (Phi) is 4.76. The summed E-state index contributed by atoms with van der Waals surface area (Å²) in [5.74, 6) is 1.70. The third kappa shape index (κ3) is 3.26. The van der Waals surface area contributed by atoms with Gasteiger partial charge in [-0.1, -0.05) is 24.2 Å². The van der Waals surface area contributed by atoms with Crippen LogP contribution in [0.15, 0.2) is 27.1 Å². The molecule has 0 radical (unpaired) electrons. The molecule has 4 rings (SSSR count). The van der Waals surface area contributed by atoms with Crippen molar-refractivity contribution in [3.8, 4) is 11.7 Å². The number of halogens is 1. The van der Waals surface area contributed by atoms with Gasteiger partial charge in [-0.2, -0.15) is 4.98 Å². The van der Waals surface area contributed by atoms with E-state index in [0.717, 1.165) is 30.5 Å². The second-order valence-electron chi connectivity index (χ2n) is 7.18. The summed E-state index contributed by atoms with van der Waals surface area (Å²) >= 11 is 0. The minimum atomic E-state index is -0.379. The largest absolute Gasteiger partial charge is 0.448 e. The van der Waals surface area contributed by atoms with E-state index in [2.05, 4.69) is 22.0 Å². The first-order valence-electron chi connectivity index (χ1n) is 9.38. The molecule has 2 aromatic heterocycles. The second kappa shape index (κ2) is 7.19. The van der Waals surface area contributed by atoms with Gasteiger partial charge in [0.25, 0.3) is 5.89 Å². The van der Waals surface area contributed by atoms with E-state index in [9.17, 15) is 4.39 Å². The second-order valence-corrected chi connectivity index (χ2v) is 7.18. The molecule has 138 valence electrons. The quantitative estimate of drug-likeness (QED) is 0.668. The fourth-order valence-corrected chi connectivity index (χ4v) is 3.83. The smallest absolute Gasteiger partial charge is 0.293 e. The zero-order valence-corrected chi connectivity index (χ0v) is 15.3. The van der Waals surface area contributed by atoms with Crippen molar-refractivity contribution < 1.29 is 13.3 Å². The highest BCUT2D eigenvalue weighted by molar-refractivity contribution is 5.86. The first-order valence-corrected chi connectivity index (χ1v) is 9.38. The Balaban J connectivity index is 1.49. The summed E-state index contributed by atoms with van der Waals surface area (Å²) in [6.45, 7) is 7.57. The predicted octanol–water partition coefficient (Wildman–Crippen LogP) is 4.59. The van der Waals surface area contributed by atoms with Crippen LogP contribution in [0.3, 0.4) is 0 Å². The maximum Gasteiger partial charge on any atom is 0.293 e. The molecule has 1 saturated heterocycles. The highest BCUT2D eigenvalue weighted by Crippen LogP contribution is 2.33. The maximum absolute atomic E-state index is 13.9. The Morgan fingerprint density at radius 2 is 2.08 bits per heavy atom. The van der Waals surface area contributed by atoms with Gasteiger partial charge in [-0.05, 0) is 57.8 Å². The summed E-state index contributed by atoms with van der Waals surface area (Å²) in [6.07, 6.45) is 4.35. The molecule has 26 heavy (non-hydrogen) atoms. The summed E-state index contributed by atoms with van der Waals surface area (Å²) in [5, 5.41) is 4.86. The predicted molar refractivity (Wildman–Crippen MR) is 97.4 cm³/mol. The molecule has 0 N–H and O–H groups in total. The van der Waals surface area contributed by atoms with Gasteiger partial charge in [0.2, 0.25) is 0 Å². The molecular weight excluding hydrogens is 333 g/mol. The lowest BCUT2D eigenvalue weighted by molar-refractivity contribution is 0.182. The molecule has 1 aromatic carbocycles. The van der Waals surface area contributed by atoms with E-state index in [0.29, 0.717) is 23.4 Å². The van der Waals surface area contributed by atoms with Gasteiger partial charge in [-0.25, -0.2) is 4.39 Å². The van der Waals surface area contributed by atoms with Crippen LogP contribution in [0.2, 0.25) is 0 Å². The number of hydrogen-bond donors (Lipinski definition) is 0. The van der Waals surface area contributed by atoms with E-state index in [1.54, 1.807) is 6.07 Å². The molecular formula is C20H24FN3O2. The van der Waals surface area contributed by atoms with Gasteiger partial charge in [0, 0.05) is 17.4 Å². The van der Waals surface area contributed by atoms with Crippen LogP contribution < -0.4 is 0 Å². The van der Waals surface area contributed by atoms with Gasteiger partial charge in [-0.15, -0.1) is 0 Å². The third-order valence-electron chi connectivity index (χ3n) is 5.30. The molecule has 3 heterocycles. The van der Waals surface area contributed by atoms with Crippen LogP contribution in [-0.2, 0) is 6.42 Å². The lowest BCUT2D eigenvalue weighted by atomic mass is 9.93. The first kappa shape index (κ1) is 17.2. The molecule has 6 heteroatoms. The van der Waals surface area contributed by atoms with Crippen LogP contribution in [0.4, 0.5) is 4.39 Å². The van der Waals surface area contributed by atoms with E-state index in [-0.39, 0.29) is 11.4 Å². The minimum Gasteiger partial charge on any atom is -0.448 e. The summed E-state index contributed by atoms with van der Waals surface area (Å²) < 4.78 is 25.0. The molecule has 0 saturated carbocycles. The standard InChI is InChI=1S/C20H24FN3O2/c1-3-9-24-10-7-14(8-11-24)12-17-22-20(26-23-17)18-13(2)15-5-4-6-16(21)19(15)25-18/h4-6,14H,3,7-12H2,1-2H3. The Labute approximate surface area is 152 Å². The van der Waals surface area contributed by atoms with Gasteiger partial charge in [0.1, 0.15) is 0 Å². The topological polar surface area (TPSA) is 55.3 Å². The van der Waals surface area contributed by atoms with Crippen LogP contribution in [0.25, 0.3) is 22.6 Å². The molecule has 3 aromatic rings. The van der Waals surface area contributed by atoms with E-state index >= 15 is 0 Å². The van der Waals surface area contributed by atoms with Crippen molar-refractivity contribution in [3.05, 3.63) is 35.4 Å². The highest BCUT2D eigenvalue weighted by atomic mass is 19.1. The van der Waals surface area contributed by atoms with Crippen LogP contribution in [0.5, 0.6) is 0 Å². The zero-order valence-electron chi connectivity index (χ0n) is 15.3. The Morgan fingerprint density at radius 1 is 1.27 bits per heavy atom. The van der Waals surface area contributed by atoms with E-state index < -0.39 is 0 Å². The molecule has 1 fully saturated rings. The zero-order chi connectivity index (χ0) is 18.1. The number of aromatic nitrogens is 2. The third-order valence-corrected chi connectivity index (χ3v) is 5.30. The molecule has 5 nitrogen and oxygen atoms in total. The van der Waals surface area contributed by atoms with Crippen molar-refractivity contribution in [2.24, 2.45) is 5.92 Å². The van der Waals surface area contributed by atoms with E-state index in [1.165, 1.54) is 31.9 Å². The average molecular weight is 357 g/mol. The summed E-state index contributed by atoms with van der Waals surface area (Å²) in [4.78, 5) is 7.03. The minimum absolute atomic E-state index is 0.239. The number of para-hydroxylation sites is 1. The van der Waals surface area contributed by atoms with Crippen molar-refractivity contribution in [1.29, 1.82) is 0 Å². The Hall–Kier alpha value is -2.21. The Bertz CT molecular complexity index is 894. The highest BCUT2D eigenvalue weighted by Gasteiger charge is 2.23. The number of benzene rings is 1. The van der Waals surface area contributed by atoms with Crippen LogP contribution in [0, 0.1) is 18.7 Å². The molecule has 0 amide bonds. The van der Waals surface area contributed by atoms with E-state index in [4.69, 9.17) is 8.94 Å². The lowest BCUT2D eigenvalue weighted by Crippen LogP contribution is -2.34. The molecule has 0 unspecified atom stereocenters. The lowest BCUT2D eigenvalue weighted by Gasteiger charge is -2.31. The number of piperidine rings is 1. The average Bonchev–Trinajstić information content (AvgIpc) is 3.23. The molecule has 0 bridgehead atoms. The number of hydrogen-bond acceptors (Lipinski definition) is 5. The van der Waals surface area contributed by atoms with Crippen molar-refractivity contribution in [1.82, 2.24) is 15.0 Å². The fraction of sp³-hybridized carbons (Fsp3) is 0.500. The summed E-state index contributed by atoms with van der Waals surface area (Å²) in [6, 6.07) is 4.90. The summed E-state index contributed by atoms with van der Waals surface area (Å²) in [5.41, 5.74) is 1.06. The number of fused-ring (bicyclic) bond motifs is 1. The number of aryl methyl sites for hydroxylation is 1. The molecule has 0 spiro atoms. The van der Waals surface area contributed by atoms with Gasteiger partial charge in [-0.3, -0.25) is 0 Å². The van der Waals surface area contributed by atoms with Gasteiger partial charge in [0.05, 0.1) is 0 Å². The fourth-order valence-electron chi connectivity index (χ4n) is 3.83. The van der Waals surface area contributed by atoms with Crippen molar-refractivity contribution >= 4 is 11.0 Å². The number of furan rings is 1. The first-order chi connectivity index (χ1) is 12.7. The Morgan fingerprint density at radius 3 is 2.81 bits per heavy atom. The monoisotopic (exact) mass is 357 g/mol. The maximum atomic E-state index is 13.9. The van der Waals surface area contributed by atoms with Crippen molar-refractivity contribution in [2.75, 3.05) is 19.6 Å². The summed E-state index contributed by atoms with van der Waals surface area (Å²) in [7, 11) is 0.